The number of benzene rings is 2. The van der Waals surface area contributed by atoms with Crippen molar-refractivity contribution in [3.63, 3.8) is 0 Å². The number of ether oxygens (including phenoxy) is 5. The third kappa shape index (κ3) is 5.50. The van der Waals surface area contributed by atoms with E-state index in [1.165, 1.54) is 22.3 Å². The SMILES string of the molecule is c1cc2c3c(c1)CCc1cccc(c1OCCOCCOCCOCCO3)CC2. The Morgan fingerprint density at radius 3 is 1.07 bits per heavy atom. The molecule has 2 heterocycles. The molecule has 0 saturated carbocycles. The van der Waals surface area contributed by atoms with E-state index in [2.05, 4.69) is 36.4 Å². The minimum Gasteiger partial charge on any atom is -0.491 e. The lowest BCUT2D eigenvalue weighted by atomic mass is 9.93. The van der Waals surface area contributed by atoms with Crippen LogP contribution >= 0.6 is 0 Å². The van der Waals surface area contributed by atoms with E-state index in [0.717, 1.165) is 37.2 Å². The molecule has 3 aliphatic rings. The van der Waals surface area contributed by atoms with Gasteiger partial charge in [0, 0.05) is 0 Å². The lowest BCUT2D eigenvalue weighted by molar-refractivity contribution is 0.00493. The molecule has 0 saturated heterocycles. The predicted molar refractivity (Wildman–Crippen MR) is 111 cm³/mol. The van der Waals surface area contributed by atoms with Crippen molar-refractivity contribution in [3.8, 4) is 11.5 Å². The monoisotopic (exact) mass is 398 g/mol. The number of rotatable bonds is 0. The molecule has 0 N–H and O–H groups in total. The Morgan fingerprint density at radius 1 is 0.414 bits per heavy atom. The van der Waals surface area contributed by atoms with Gasteiger partial charge in [0.1, 0.15) is 24.7 Å². The molecule has 0 spiro atoms. The maximum absolute atomic E-state index is 6.21. The summed E-state index contributed by atoms with van der Waals surface area (Å²) < 4.78 is 29.2. The maximum atomic E-state index is 6.21. The van der Waals surface area contributed by atoms with E-state index in [-0.39, 0.29) is 0 Å². The highest BCUT2D eigenvalue weighted by Crippen LogP contribution is 2.33. The molecule has 6 bridgehead atoms. The fourth-order valence-corrected chi connectivity index (χ4v) is 3.92. The molecule has 0 radical (unpaired) electrons. The van der Waals surface area contributed by atoms with Crippen LogP contribution in [0.4, 0.5) is 0 Å². The van der Waals surface area contributed by atoms with Gasteiger partial charge in [-0.15, -0.1) is 0 Å². The van der Waals surface area contributed by atoms with E-state index in [1.54, 1.807) is 0 Å². The number of aryl methyl sites for hydroxylation is 4. The van der Waals surface area contributed by atoms with Crippen LogP contribution in [0.3, 0.4) is 0 Å². The highest BCUT2D eigenvalue weighted by Gasteiger charge is 2.17. The van der Waals surface area contributed by atoms with Crippen LogP contribution in [0.15, 0.2) is 36.4 Å². The Morgan fingerprint density at radius 2 is 0.724 bits per heavy atom. The first-order chi connectivity index (χ1) is 14.4. The normalized spacial score (nSPS) is 18.9. The summed E-state index contributed by atoms with van der Waals surface area (Å²) in [6.45, 7) is 4.49. The highest BCUT2D eigenvalue weighted by molar-refractivity contribution is 5.47. The van der Waals surface area contributed by atoms with Crippen molar-refractivity contribution < 1.29 is 23.7 Å². The van der Waals surface area contributed by atoms with Gasteiger partial charge in [0.05, 0.1) is 39.6 Å². The minimum atomic E-state index is 0.548. The molecular weight excluding hydrogens is 368 g/mol. The van der Waals surface area contributed by atoms with Crippen LogP contribution in [-0.4, -0.2) is 52.9 Å². The Labute approximate surface area is 172 Å². The number of fused-ring (bicyclic) bond motifs is 14. The number of para-hydroxylation sites is 2. The molecule has 2 aliphatic heterocycles. The average Bonchev–Trinajstić information content (AvgIpc) is 2.74. The van der Waals surface area contributed by atoms with Gasteiger partial charge in [0.2, 0.25) is 0 Å². The van der Waals surface area contributed by atoms with Crippen LogP contribution in [0.5, 0.6) is 11.5 Å². The van der Waals surface area contributed by atoms with Crippen LogP contribution in [0.2, 0.25) is 0 Å². The van der Waals surface area contributed by atoms with E-state index < -0.39 is 0 Å². The van der Waals surface area contributed by atoms with Crippen LogP contribution in [0, 0.1) is 0 Å². The summed E-state index contributed by atoms with van der Waals surface area (Å²) in [4.78, 5) is 0. The summed E-state index contributed by atoms with van der Waals surface area (Å²) >= 11 is 0. The Kier molecular flexibility index (Phi) is 7.40. The van der Waals surface area contributed by atoms with Crippen LogP contribution in [0.25, 0.3) is 0 Å². The quantitative estimate of drug-likeness (QED) is 0.637. The molecule has 0 fully saturated rings. The largest absolute Gasteiger partial charge is 0.491 e. The van der Waals surface area contributed by atoms with E-state index in [0.29, 0.717) is 52.9 Å². The summed E-state index contributed by atoms with van der Waals surface area (Å²) in [6.07, 6.45) is 3.70. The molecule has 0 aromatic heterocycles. The Bertz CT molecular complexity index is 679. The number of hydrogen-bond acceptors (Lipinski definition) is 5. The van der Waals surface area contributed by atoms with Gasteiger partial charge < -0.3 is 23.7 Å². The number of hydrogen-bond donors (Lipinski definition) is 0. The predicted octanol–water partition coefficient (Wildman–Crippen LogP) is 3.39. The third-order valence-corrected chi connectivity index (χ3v) is 5.38. The molecule has 156 valence electrons. The van der Waals surface area contributed by atoms with E-state index >= 15 is 0 Å². The average molecular weight is 398 g/mol. The van der Waals surface area contributed by atoms with Gasteiger partial charge in [0.15, 0.2) is 0 Å². The first kappa shape index (κ1) is 20.2. The fourth-order valence-electron chi connectivity index (χ4n) is 3.92. The Hall–Kier alpha value is -2.08. The second-order valence-electron chi connectivity index (χ2n) is 7.34. The maximum Gasteiger partial charge on any atom is 0.125 e. The van der Waals surface area contributed by atoms with Crippen LogP contribution in [-0.2, 0) is 39.9 Å². The highest BCUT2D eigenvalue weighted by atomic mass is 16.6. The lowest BCUT2D eigenvalue weighted by Gasteiger charge is -2.21. The van der Waals surface area contributed by atoms with Gasteiger partial charge in [-0.2, -0.15) is 0 Å². The summed E-state index contributed by atoms with van der Waals surface area (Å²) in [5, 5.41) is 0. The first-order valence-corrected chi connectivity index (χ1v) is 10.6. The molecule has 5 rings (SSSR count). The fraction of sp³-hybridized carbons (Fsp3) is 0.500. The van der Waals surface area contributed by atoms with Crippen LogP contribution in [0.1, 0.15) is 22.3 Å². The van der Waals surface area contributed by atoms with Crippen molar-refractivity contribution in [2.45, 2.75) is 25.7 Å². The third-order valence-electron chi connectivity index (χ3n) is 5.38. The van der Waals surface area contributed by atoms with Crippen molar-refractivity contribution >= 4 is 0 Å². The summed E-state index contributed by atoms with van der Waals surface area (Å²) in [5.41, 5.74) is 5.02. The molecule has 29 heavy (non-hydrogen) atoms. The van der Waals surface area contributed by atoms with Gasteiger partial charge in [0.25, 0.3) is 0 Å². The standard InChI is InChI=1S/C24H30O5/c1-3-19-7-9-21-5-2-6-22-10-8-20(4-1)23(19)28-17-15-26-13-11-25-12-14-27-16-18-29-24(21)22/h1-6H,7-18H2. The van der Waals surface area contributed by atoms with E-state index in [4.69, 9.17) is 23.7 Å². The van der Waals surface area contributed by atoms with Crippen molar-refractivity contribution in [3.05, 3.63) is 58.7 Å². The van der Waals surface area contributed by atoms with Crippen LogP contribution < -0.4 is 9.47 Å². The zero-order valence-corrected chi connectivity index (χ0v) is 17.0. The summed E-state index contributed by atoms with van der Waals surface area (Å²) in [6, 6.07) is 13.0. The summed E-state index contributed by atoms with van der Waals surface area (Å²) in [7, 11) is 0. The molecule has 0 unspecified atom stereocenters. The zero-order valence-electron chi connectivity index (χ0n) is 17.0. The zero-order chi connectivity index (χ0) is 19.7. The molecule has 2 aromatic carbocycles. The lowest BCUT2D eigenvalue weighted by Crippen LogP contribution is -2.14. The molecule has 2 aromatic rings. The van der Waals surface area contributed by atoms with Crippen molar-refractivity contribution in [1.82, 2.24) is 0 Å². The van der Waals surface area contributed by atoms with Gasteiger partial charge in [-0.1, -0.05) is 36.4 Å². The van der Waals surface area contributed by atoms with Gasteiger partial charge >= 0.3 is 0 Å². The van der Waals surface area contributed by atoms with Gasteiger partial charge in [-0.25, -0.2) is 0 Å². The second kappa shape index (κ2) is 10.6. The minimum absolute atomic E-state index is 0.548. The molecule has 5 heteroatoms. The summed E-state index contributed by atoms with van der Waals surface area (Å²) in [5.74, 6) is 2.07. The molecule has 0 amide bonds. The van der Waals surface area contributed by atoms with Crippen molar-refractivity contribution in [2.24, 2.45) is 0 Å². The van der Waals surface area contributed by atoms with Crippen molar-refractivity contribution in [1.29, 1.82) is 0 Å². The molecular formula is C24H30O5. The van der Waals surface area contributed by atoms with Crippen molar-refractivity contribution in [2.75, 3.05) is 52.9 Å². The molecule has 0 atom stereocenters. The van der Waals surface area contributed by atoms with E-state index in [9.17, 15) is 0 Å². The smallest absolute Gasteiger partial charge is 0.125 e. The topological polar surface area (TPSA) is 46.2 Å². The molecule has 5 nitrogen and oxygen atoms in total. The van der Waals surface area contributed by atoms with E-state index in [1.807, 2.05) is 0 Å². The van der Waals surface area contributed by atoms with Gasteiger partial charge in [-0.3, -0.25) is 0 Å². The Balaban J connectivity index is 1.58. The molecule has 1 aliphatic carbocycles. The van der Waals surface area contributed by atoms with Gasteiger partial charge in [-0.05, 0) is 47.9 Å². The first-order valence-electron chi connectivity index (χ1n) is 10.6. The second-order valence-corrected chi connectivity index (χ2v) is 7.34.